The molecule has 0 amide bonds. The number of hydrogen-bond acceptors (Lipinski definition) is 2. The molecule has 1 heterocycles. The van der Waals surface area contributed by atoms with Gasteiger partial charge < -0.3 is 0 Å². The molecule has 0 bridgehead atoms. The predicted octanol–water partition coefficient (Wildman–Crippen LogP) is 10.5. The van der Waals surface area contributed by atoms with Crippen molar-refractivity contribution in [3.63, 3.8) is 0 Å². The molecule has 1 aliphatic rings. The molecular formula is C37H31NS. The van der Waals surface area contributed by atoms with Crippen LogP contribution in [0.3, 0.4) is 0 Å². The number of rotatable bonds is 3. The van der Waals surface area contributed by atoms with Gasteiger partial charge in [-0.05, 0) is 94.4 Å². The minimum Gasteiger partial charge on any atom is -0.270 e. The fourth-order valence-electron chi connectivity index (χ4n) is 5.80. The second-order valence-corrected chi connectivity index (χ2v) is 13.2. The summed E-state index contributed by atoms with van der Waals surface area (Å²) in [6, 6.07) is 42.2. The Labute approximate surface area is 234 Å². The summed E-state index contributed by atoms with van der Waals surface area (Å²) in [6.45, 7) is 9.07. The zero-order valence-electron chi connectivity index (χ0n) is 22.8. The number of nitrogens with zero attached hydrogens (tertiary/aromatic N) is 1. The average Bonchev–Trinajstić information content (AvgIpc) is 3.17. The molecule has 0 saturated carbocycles. The summed E-state index contributed by atoms with van der Waals surface area (Å²) in [4.78, 5) is 5.16. The summed E-state index contributed by atoms with van der Waals surface area (Å²) in [5.41, 5.74) is 6.16. The Morgan fingerprint density at radius 1 is 0.487 bits per heavy atom. The number of aliphatic imine (C=N–C) groups is 1. The molecule has 1 aliphatic heterocycles. The molecule has 7 rings (SSSR count). The van der Waals surface area contributed by atoms with Gasteiger partial charge in [-0.2, -0.15) is 0 Å². The van der Waals surface area contributed by atoms with Gasteiger partial charge in [0.1, 0.15) is 0 Å². The minimum absolute atomic E-state index is 0.0548. The van der Waals surface area contributed by atoms with Crippen LogP contribution in [0, 0.1) is 0 Å². The van der Waals surface area contributed by atoms with Crippen molar-refractivity contribution < 1.29 is 0 Å². The van der Waals surface area contributed by atoms with E-state index in [0.29, 0.717) is 0 Å². The predicted molar refractivity (Wildman–Crippen MR) is 172 cm³/mol. The van der Waals surface area contributed by atoms with Crippen LogP contribution < -0.4 is 0 Å². The molecule has 0 aliphatic carbocycles. The van der Waals surface area contributed by atoms with E-state index in [4.69, 9.17) is 4.99 Å². The summed E-state index contributed by atoms with van der Waals surface area (Å²) in [5.74, 6) is 0. The van der Waals surface area contributed by atoms with Gasteiger partial charge in [0.25, 0.3) is 0 Å². The Kier molecular flexibility index (Phi) is 5.47. The highest BCUT2D eigenvalue weighted by Gasteiger charge is 2.44. The zero-order chi connectivity index (χ0) is 26.8. The Bertz CT molecular complexity index is 1890. The summed E-state index contributed by atoms with van der Waals surface area (Å²) in [7, 11) is 0. The molecule has 0 radical (unpaired) electrons. The molecule has 6 aromatic carbocycles. The maximum atomic E-state index is 5.16. The van der Waals surface area contributed by atoms with Gasteiger partial charge in [0, 0.05) is 10.3 Å². The van der Waals surface area contributed by atoms with Crippen molar-refractivity contribution in [1.82, 2.24) is 0 Å². The molecule has 0 unspecified atom stereocenters. The Morgan fingerprint density at radius 2 is 1.00 bits per heavy atom. The van der Waals surface area contributed by atoms with Gasteiger partial charge in [-0.25, -0.2) is 0 Å². The highest BCUT2D eigenvalue weighted by atomic mass is 32.2. The highest BCUT2D eigenvalue weighted by molar-refractivity contribution is 8.15. The van der Waals surface area contributed by atoms with Crippen LogP contribution in [0.5, 0.6) is 0 Å². The second kappa shape index (κ2) is 8.83. The molecule has 2 heteroatoms. The molecule has 190 valence electrons. The van der Waals surface area contributed by atoms with E-state index in [9.17, 15) is 0 Å². The van der Waals surface area contributed by atoms with Gasteiger partial charge in [-0.1, -0.05) is 115 Å². The SMILES string of the molecule is CC1(C)N=C(c2cccc(-c3c4ccccc4c(-c4ccc5ccccc5c4)c4ccccc34)c2)SC1(C)C. The van der Waals surface area contributed by atoms with E-state index in [1.807, 2.05) is 11.8 Å². The minimum atomic E-state index is -0.107. The Balaban J connectivity index is 1.49. The zero-order valence-corrected chi connectivity index (χ0v) is 23.6. The first-order valence-corrected chi connectivity index (χ1v) is 14.5. The first-order valence-electron chi connectivity index (χ1n) is 13.6. The molecule has 6 aromatic rings. The van der Waals surface area contributed by atoms with Crippen LogP contribution in [0.2, 0.25) is 0 Å². The fraction of sp³-hybridized carbons (Fsp3) is 0.162. The van der Waals surface area contributed by atoms with Gasteiger partial charge in [0.15, 0.2) is 0 Å². The molecule has 0 aromatic heterocycles. The Morgan fingerprint density at radius 3 is 1.56 bits per heavy atom. The average molecular weight is 522 g/mol. The molecular weight excluding hydrogens is 490 g/mol. The van der Waals surface area contributed by atoms with Crippen LogP contribution in [0.4, 0.5) is 0 Å². The van der Waals surface area contributed by atoms with E-state index in [1.165, 1.54) is 60.1 Å². The first-order chi connectivity index (χ1) is 18.8. The van der Waals surface area contributed by atoms with E-state index in [0.717, 1.165) is 5.04 Å². The van der Waals surface area contributed by atoms with E-state index in [1.54, 1.807) is 0 Å². The summed E-state index contributed by atoms with van der Waals surface area (Å²) < 4.78 is 0.0548. The fourth-order valence-corrected chi connectivity index (χ4v) is 7.10. The highest BCUT2D eigenvalue weighted by Crippen LogP contribution is 2.48. The van der Waals surface area contributed by atoms with Crippen LogP contribution in [-0.2, 0) is 0 Å². The molecule has 1 nitrogen and oxygen atoms in total. The molecule has 0 atom stereocenters. The lowest BCUT2D eigenvalue weighted by atomic mass is 9.85. The van der Waals surface area contributed by atoms with Gasteiger partial charge in [-0.15, -0.1) is 0 Å². The molecule has 0 N–H and O–H groups in total. The van der Waals surface area contributed by atoms with Crippen LogP contribution in [0.1, 0.15) is 33.3 Å². The molecule has 39 heavy (non-hydrogen) atoms. The van der Waals surface area contributed by atoms with Crippen molar-refractivity contribution in [3.05, 3.63) is 121 Å². The van der Waals surface area contributed by atoms with Crippen LogP contribution in [0.25, 0.3) is 54.6 Å². The van der Waals surface area contributed by atoms with E-state index < -0.39 is 0 Å². The lowest BCUT2D eigenvalue weighted by molar-refractivity contribution is 0.426. The van der Waals surface area contributed by atoms with Gasteiger partial charge >= 0.3 is 0 Å². The largest absolute Gasteiger partial charge is 0.270 e. The lowest BCUT2D eigenvalue weighted by Crippen LogP contribution is -2.36. The third kappa shape index (κ3) is 3.89. The smallest absolute Gasteiger partial charge is 0.0990 e. The lowest BCUT2D eigenvalue weighted by Gasteiger charge is -2.30. The maximum Gasteiger partial charge on any atom is 0.0990 e. The van der Waals surface area contributed by atoms with E-state index >= 15 is 0 Å². The van der Waals surface area contributed by atoms with Gasteiger partial charge in [0.2, 0.25) is 0 Å². The van der Waals surface area contributed by atoms with Crippen molar-refractivity contribution in [3.8, 4) is 22.3 Å². The summed E-state index contributed by atoms with van der Waals surface area (Å²) in [6.07, 6.45) is 0. The van der Waals surface area contributed by atoms with E-state index in [2.05, 4.69) is 143 Å². The van der Waals surface area contributed by atoms with Gasteiger partial charge in [-0.3, -0.25) is 4.99 Å². The molecule has 0 fully saturated rings. The first kappa shape index (κ1) is 24.2. The number of fused-ring (bicyclic) bond motifs is 3. The maximum absolute atomic E-state index is 5.16. The molecule has 0 spiro atoms. The third-order valence-electron chi connectivity index (χ3n) is 8.57. The monoisotopic (exact) mass is 521 g/mol. The molecule has 0 saturated heterocycles. The van der Waals surface area contributed by atoms with Crippen molar-refractivity contribution in [2.45, 2.75) is 38.0 Å². The van der Waals surface area contributed by atoms with Crippen molar-refractivity contribution >= 4 is 49.1 Å². The topological polar surface area (TPSA) is 12.4 Å². The van der Waals surface area contributed by atoms with Crippen LogP contribution in [-0.4, -0.2) is 15.3 Å². The standard InChI is InChI=1S/C37H31NS/c1-36(2)37(3,4)39-35(38-36)28-15-11-14-26(23-28)33-29-16-7-9-18-31(29)34(32-19-10-8-17-30(32)33)27-21-20-24-12-5-6-13-25(24)22-27/h5-23H,1-4H3. The normalized spacial score (nSPS) is 16.2. The number of thioether (sulfide) groups is 1. The van der Waals surface area contributed by atoms with Gasteiger partial charge in [0.05, 0.1) is 10.6 Å². The quantitative estimate of drug-likeness (QED) is 0.211. The van der Waals surface area contributed by atoms with Crippen LogP contribution in [0.15, 0.2) is 120 Å². The number of hydrogen-bond donors (Lipinski definition) is 0. The van der Waals surface area contributed by atoms with E-state index in [-0.39, 0.29) is 10.3 Å². The Hall–Kier alpha value is -3.88. The summed E-state index contributed by atoms with van der Waals surface area (Å²) in [5, 5.41) is 8.77. The third-order valence-corrected chi connectivity index (χ3v) is 10.1. The van der Waals surface area contributed by atoms with Crippen molar-refractivity contribution in [1.29, 1.82) is 0 Å². The number of benzene rings is 6. The van der Waals surface area contributed by atoms with Crippen molar-refractivity contribution in [2.75, 3.05) is 0 Å². The van der Waals surface area contributed by atoms with Crippen molar-refractivity contribution in [2.24, 2.45) is 4.99 Å². The second-order valence-electron chi connectivity index (χ2n) is 11.6. The summed E-state index contributed by atoms with van der Waals surface area (Å²) >= 11 is 1.89. The van der Waals surface area contributed by atoms with Crippen LogP contribution >= 0.6 is 11.8 Å².